The predicted molar refractivity (Wildman–Crippen MR) is 93.1 cm³/mol. The molecular formula is C20H15FN2O2. The van der Waals surface area contributed by atoms with Crippen molar-refractivity contribution in [1.82, 2.24) is 4.57 Å². The molecule has 1 fully saturated rings. The second kappa shape index (κ2) is 5.75. The van der Waals surface area contributed by atoms with Crippen LogP contribution >= 0.6 is 0 Å². The van der Waals surface area contributed by atoms with Crippen molar-refractivity contribution in [3.05, 3.63) is 64.3 Å². The zero-order valence-electron chi connectivity index (χ0n) is 13.6. The molecule has 1 saturated carbocycles. The maximum Gasteiger partial charge on any atom is 0.259 e. The van der Waals surface area contributed by atoms with Gasteiger partial charge in [0.05, 0.1) is 7.11 Å². The minimum absolute atomic E-state index is 0.0426. The first-order valence-electron chi connectivity index (χ1n) is 8.06. The van der Waals surface area contributed by atoms with Crippen molar-refractivity contribution in [2.75, 3.05) is 7.11 Å². The molecule has 5 heteroatoms. The molecular weight excluding hydrogens is 319 g/mol. The summed E-state index contributed by atoms with van der Waals surface area (Å²) in [5.74, 6) is 0.194. The molecule has 0 N–H and O–H groups in total. The third-order valence-electron chi connectivity index (χ3n) is 4.55. The summed E-state index contributed by atoms with van der Waals surface area (Å²) in [4.78, 5) is 12.9. The van der Waals surface area contributed by atoms with E-state index in [4.69, 9.17) is 4.74 Å². The predicted octanol–water partition coefficient (Wildman–Crippen LogP) is 4.02. The van der Waals surface area contributed by atoms with E-state index >= 15 is 0 Å². The number of rotatable bonds is 3. The fourth-order valence-corrected chi connectivity index (χ4v) is 3.25. The molecule has 0 unspecified atom stereocenters. The molecule has 1 heterocycles. The van der Waals surface area contributed by atoms with Gasteiger partial charge in [0.25, 0.3) is 5.56 Å². The van der Waals surface area contributed by atoms with Gasteiger partial charge in [0.1, 0.15) is 23.3 Å². The summed E-state index contributed by atoms with van der Waals surface area (Å²) in [5, 5.41) is 10.9. The standard InChI is InChI=1S/C20H15FN2O2/c1-25-15-7-8-16-17(10-15)19(12-3-2-4-13(21)9-12)18(11-22)23(20(16)24)14-5-6-14/h2-4,7-10,14H,5-6H2,1H3. The van der Waals surface area contributed by atoms with Gasteiger partial charge in [-0.25, -0.2) is 4.39 Å². The molecule has 3 aromatic rings. The van der Waals surface area contributed by atoms with Gasteiger partial charge in [-0.05, 0) is 48.7 Å². The van der Waals surface area contributed by atoms with E-state index in [1.165, 1.54) is 12.1 Å². The van der Waals surface area contributed by atoms with Gasteiger partial charge >= 0.3 is 0 Å². The highest BCUT2D eigenvalue weighted by Crippen LogP contribution is 2.39. The summed E-state index contributed by atoms with van der Waals surface area (Å²) in [6, 6.07) is 13.5. The highest BCUT2D eigenvalue weighted by Gasteiger charge is 2.30. The molecule has 0 saturated heterocycles. The molecule has 1 aliphatic rings. The van der Waals surface area contributed by atoms with Gasteiger partial charge in [-0.15, -0.1) is 0 Å². The number of nitriles is 1. The van der Waals surface area contributed by atoms with Crippen LogP contribution in [0.25, 0.3) is 21.9 Å². The normalized spacial score (nSPS) is 13.6. The van der Waals surface area contributed by atoms with Gasteiger partial charge in [-0.2, -0.15) is 5.26 Å². The van der Waals surface area contributed by atoms with Crippen molar-refractivity contribution in [2.24, 2.45) is 0 Å². The summed E-state index contributed by atoms with van der Waals surface area (Å²) in [7, 11) is 1.54. The fourth-order valence-electron chi connectivity index (χ4n) is 3.25. The lowest BCUT2D eigenvalue weighted by atomic mass is 9.96. The fraction of sp³-hybridized carbons (Fsp3) is 0.200. The molecule has 0 amide bonds. The second-order valence-corrected chi connectivity index (χ2v) is 6.16. The largest absolute Gasteiger partial charge is 0.497 e. The third-order valence-corrected chi connectivity index (χ3v) is 4.55. The maximum absolute atomic E-state index is 13.8. The van der Waals surface area contributed by atoms with Crippen LogP contribution in [0.3, 0.4) is 0 Å². The highest BCUT2D eigenvalue weighted by molar-refractivity contribution is 5.99. The van der Waals surface area contributed by atoms with E-state index < -0.39 is 0 Å². The minimum atomic E-state index is -0.387. The second-order valence-electron chi connectivity index (χ2n) is 6.16. The van der Waals surface area contributed by atoms with Crippen molar-refractivity contribution >= 4 is 10.8 Å². The number of fused-ring (bicyclic) bond motifs is 1. The van der Waals surface area contributed by atoms with Gasteiger partial charge < -0.3 is 4.74 Å². The molecule has 0 radical (unpaired) electrons. The lowest BCUT2D eigenvalue weighted by Crippen LogP contribution is -2.23. The van der Waals surface area contributed by atoms with Gasteiger partial charge in [0.15, 0.2) is 0 Å². The number of benzene rings is 2. The topological polar surface area (TPSA) is 55.0 Å². The number of aromatic nitrogens is 1. The number of halogens is 1. The van der Waals surface area contributed by atoms with E-state index in [0.717, 1.165) is 12.8 Å². The Bertz CT molecular complexity index is 1090. The SMILES string of the molecule is COc1ccc2c(=O)n(C3CC3)c(C#N)c(-c3cccc(F)c3)c2c1. The molecule has 2 aromatic carbocycles. The first kappa shape index (κ1) is 15.4. The smallest absolute Gasteiger partial charge is 0.259 e. The summed E-state index contributed by atoms with van der Waals surface area (Å²) in [6.45, 7) is 0. The number of methoxy groups -OCH3 is 1. The zero-order chi connectivity index (χ0) is 17.6. The van der Waals surface area contributed by atoms with Crippen molar-refractivity contribution in [3.8, 4) is 22.9 Å². The molecule has 124 valence electrons. The number of nitrogens with zero attached hydrogens (tertiary/aromatic N) is 2. The van der Waals surface area contributed by atoms with E-state index in [0.29, 0.717) is 27.6 Å². The lowest BCUT2D eigenvalue weighted by molar-refractivity contribution is 0.415. The van der Waals surface area contributed by atoms with Crippen LogP contribution in [0, 0.1) is 17.1 Å². The van der Waals surface area contributed by atoms with Crippen LogP contribution in [-0.2, 0) is 0 Å². The molecule has 0 aliphatic heterocycles. The zero-order valence-corrected chi connectivity index (χ0v) is 13.6. The van der Waals surface area contributed by atoms with Gasteiger partial charge in [-0.3, -0.25) is 9.36 Å². The third kappa shape index (κ3) is 2.47. The Morgan fingerprint density at radius 1 is 1.20 bits per heavy atom. The highest BCUT2D eigenvalue weighted by atomic mass is 19.1. The Kier molecular flexibility index (Phi) is 3.54. The Labute approximate surface area is 143 Å². The number of hydrogen-bond acceptors (Lipinski definition) is 3. The molecule has 0 spiro atoms. The molecule has 0 bridgehead atoms. The molecule has 4 nitrogen and oxygen atoms in total. The monoisotopic (exact) mass is 334 g/mol. The van der Waals surface area contributed by atoms with E-state index in [1.807, 2.05) is 0 Å². The average Bonchev–Trinajstić information content (AvgIpc) is 3.45. The van der Waals surface area contributed by atoms with Crippen molar-refractivity contribution in [1.29, 1.82) is 5.26 Å². The van der Waals surface area contributed by atoms with Crippen LogP contribution in [0.4, 0.5) is 4.39 Å². The quantitative estimate of drug-likeness (QED) is 0.727. The first-order valence-corrected chi connectivity index (χ1v) is 8.06. The van der Waals surface area contributed by atoms with Gasteiger partial charge in [0.2, 0.25) is 0 Å². The van der Waals surface area contributed by atoms with Crippen LogP contribution in [0.15, 0.2) is 47.3 Å². The van der Waals surface area contributed by atoms with Crippen LogP contribution < -0.4 is 10.3 Å². The van der Waals surface area contributed by atoms with E-state index in [9.17, 15) is 14.4 Å². The molecule has 0 atom stereocenters. The Hall–Kier alpha value is -3.13. The number of pyridine rings is 1. The summed E-state index contributed by atoms with van der Waals surface area (Å²) in [5.41, 5.74) is 1.24. The molecule has 25 heavy (non-hydrogen) atoms. The summed E-state index contributed by atoms with van der Waals surface area (Å²) in [6.07, 6.45) is 1.75. The Balaban J connectivity index is 2.19. The Morgan fingerprint density at radius 3 is 2.64 bits per heavy atom. The van der Waals surface area contributed by atoms with Crippen molar-refractivity contribution in [2.45, 2.75) is 18.9 Å². The first-order chi connectivity index (χ1) is 12.1. The summed E-state index contributed by atoms with van der Waals surface area (Å²) >= 11 is 0. The minimum Gasteiger partial charge on any atom is -0.497 e. The van der Waals surface area contributed by atoms with Gasteiger partial charge in [-0.1, -0.05) is 12.1 Å². The van der Waals surface area contributed by atoms with Crippen molar-refractivity contribution < 1.29 is 9.13 Å². The lowest BCUT2D eigenvalue weighted by Gasteiger charge is -2.16. The van der Waals surface area contributed by atoms with Crippen LogP contribution in [0.1, 0.15) is 24.6 Å². The van der Waals surface area contributed by atoms with E-state index in [1.54, 1.807) is 42.0 Å². The van der Waals surface area contributed by atoms with E-state index in [-0.39, 0.29) is 23.1 Å². The maximum atomic E-state index is 13.8. The van der Waals surface area contributed by atoms with Crippen molar-refractivity contribution in [3.63, 3.8) is 0 Å². The van der Waals surface area contributed by atoms with Crippen LogP contribution in [0.2, 0.25) is 0 Å². The van der Waals surface area contributed by atoms with Crippen LogP contribution in [0.5, 0.6) is 5.75 Å². The molecule has 4 rings (SSSR count). The average molecular weight is 334 g/mol. The van der Waals surface area contributed by atoms with Crippen LogP contribution in [-0.4, -0.2) is 11.7 Å². The number of hydrogen-bond donors (Lipinski definition) is 0. The van der Waals surface area contributed by atoms with Gasteiger partial charge in [0, 0.05) is 22.4 Å². The molecule has 1 aliphatic carbocycles. The number of ether oxygens (including phenoxy) is 1. The van der Waals surface area contributed by atoms with E-state index in [2.05, 4.69) is 6.07 Å². The Morgan fingerprint density at radius 2 is 2.00 bits per heavy atom. The summed E-state index contributed by atoms with van der Waals surface area (Å²) < 4.78 is 20.6. The molecule has 1 aromatic heterocycles.